The lowest BCUT2D eigenvalue weighted by Gasteiger charge is -2.16. The third kappa shape index (κ3) is 5.13. The summed E-state index contributed by atoms with van der Waals surface area (Å²) < 4.78 is 10.2. The van der Waals surface area contributed by atoms with Gasteiger partial charge in [0.1, 0.15) is 12.6 Å². The Morgan fingerprint density at radius 2 is 1.62 bits per heavy atom. The molecular weight excluding hydrogens is 372 g/mol. The summed E-state index contributed by atoms with van der Waals surface area (Å²) >= 11 is 0. The fourth-order valence-corrected chi connectivity index (χ4v) is 3.51. The molecule has 1 unspecified atom stereocenters. The van der Waals surface area contributed by atoms with E-state index in [0.717, 1.165) is 35.5 Å². The van der Waals surface area contributed by atoms with Gasteiger partial charge in [-0.25, -0.2) is 9.59 Å². The summed E-state index contributed by atoms with van der Waals surface area (Å²) in [7, 11) is 0. The van der Waals surface area contributed by atoms with Gasteiger partial charge in [0.05, 0.1) is 0 Å². The number of amides is 1. The molecule has 29 heavy (non-hydrogen) atoms. The minimum Gasteiger partial charge on any atom is -0.480 e. The highest BCUT2D eigenvalue weighted by Crippen LogP contribution is 2.44. The van der Waals surface area contributed by atoms with Gasteiger partial charge in [0, 0.05) is 25.7 Å². The van der Waals surface area contributed by atoms with Crippen molar-refractivity contribution in [3.63, 3.8) is 0 Å². The van der Waals surface area contributed by atoms with Gasteiger partial charge >= 0.3 is 12.1 Å². The molecule has 1 aliphatic heterocycles. The molecule has 1 saturated heterocycles. The van der Waals surface area contributed by atoms with E-state index >= 15 is 0 Å². The molecule has 1 amide bonds. The van der Waals surface area contributed by atoms with E-state index in [-0.39, 0.29) is 19.1 Å². The van der Waals surface area contributed by atoms with Gasteiger partial charge in [0.2, 0.25) is 0 Å². The Morgan fingerprint density at radius 1 is 1.07 bits per heavy atom. The first-order chi connectivity index (χ1) is 14.1. The van der Waals surface area contributed by atoms with Crippen molar-refractivity contribution in [2.45, 2.75) is 24.8 Å². The van der Waals surface area contributed by atoms with E-state index in [0.29, 0.717) is 0 Å². The molecule has 1 aliphatic carbocycles. The summed E-state index contributed by atoms with van der Waals surface area (Å²) in [5, 5.41) is 11.2. The Kier molecular flexibility index (Phi) is 7.21. The summed E-state index contributed by atoms with van der Waals surface area (Å²) in [5.41, 5.74) is 9.77. The number of ether oxygens (including phenoxy) is 2. The zero-order valence-electron chi connectivity index (χ0n) is 16.2. The third-order valence-corrected chi connectivity index (χ3v) is 5.00. The second-order valence-electron chi connectivity index (χ2n) is 6.92. The molecule has 1 atom stereocenters. The van der Waals surface area contributed by atoms with Crippen LogP contribution in [0, 0.1) is 0 Å². The van der Waals surface area contributed by atoms with Crippen LogP contribution in [0.5, 0.6) is 0 Å². The van der Waals surface area contributed by atoms with Crippen LogP contribution in [-0.2, 0) is 14.3 Å². The number of carboxylic acid groups (broad SMARTS) is 1. The lowest BCUT2D eigenvalue weighted by Crippen LogP contribution is -2.46. The van der Waals surface area contributed by atoms with E-state index in [1.807, 2.05) is 48.5 Å². The number of fused-ring (bicyclic) bond motifs is 3. The molecule has 154 valence electrons. The maximum atomic E-state index is 11.8. The molecule has 1 heterocycles. The first-order valence-electron chi connectivity index (χ1n) is 9.74. The molecule has 4 rings (SSSR count). The Balaban J connectivity index is 0.000000419. The SMILES string of the molecule is C1CCOC1.NCC(NC(=O)OCC1c2ccccc2-c2ccccc21)C(=O)O. The van der Waals surface area contributed by atoms with Gasteiger partial charge in [-0.2, -0.15) is 0 Å². The fourth-order valence-electron chi connectivity index (χ4n) is 3.51. The molecule has 1 fully saturated rings. The molecule has 0 saturated carbocycles. The van der Waals surface area contributed by atoms with Crippen LogP contribution in [0.2, 0.25) is 0 Å². The number of benzene rings is 2. The molecule has 2 aromatic carbocycles. The minimum absolute atomic E-state index is 0.0655. The van der Waals surface area contributed by atoms with E-state index in [1.54, 1.807) is 0 Å². The van der Waals surface area contributed by atoms with Gasteiger partial charge < -0.3 is 25.6 Å². The van der Waals surface area contributed by atoms with Gasteiger partial charge in [-0.05, 0) is 35.1 Å². The van der Waals surface area contributed by atoms with Crippen molar-refractivity contribution in [2.75, 3.05) is 26.4 Å². The number of nitrogens with one attached hydrogen (secondary N) is 1. The average Bonchev–Trinajstić information content (AvgIpc) is 3.41. The predicted molar refractivity (Wildman–Crippen MR) is 109 cm³/mol. The van der Waals surface area contributed by atoms with Gasteiger partial charge in [-0.1, -0.05) is 48.5 Å². The van der Waals surface area contributed by atoms with Crippen LogP contribution in [0.25, 0.3) is 11.1 Å². The maximum absolute atomic E-state index is 11.8. The highest BCUT2D eigenvalue weighted by Gasteiger charge is 2.29. The van der Waals surface area contributed by atoms with Gasteiger partial charge in [-0.3, -0.25) is 0 Å². The molecule has 2 aromatic rings. The van der Waals surface area contributed by atoms with Gasteiger partial charge in [0.25, 0.3) is 0 Å². The summed E-state index contributed by atoms with van der Waals surface area (Å²) in [6, 6.07) is 14.8. The van der Waals surface area contributed by atoms with Crippen molar-refractivity contribution in [2.24, 2.45) is 5.73 Å². The van der Waals surface area contributed by atoms with Crippen LogP contribution in [-0.4, -0.2) is 49.6 Å². The maximum Gasteiger partial charge on any atom is 0.407 e. The van der Waals surface area contributed by atoms with E-state index < -0.39 is 18.1 Å². The molecule has 0 aromatic heterocycles. The summed E-state index contributed by atoms with van der Waals surface area (Å²) in [4.78, 5) is 22.7. The molecular formula is C22H26N2O5. The van der Waals surface area contributed by atoms with Crippen molar-refractivity contribution >= 4 is 12.1 Å². The van der Waals surface area contributed by atoms with E-state index in [2.05, 4.69) is 5.32 Å². The Morgan fingerprint density at radius 3 is 2.07 bits per heavy atom. The number of hydrogen-bond donors (Lipinski definition) is 3. The fraction of sp³-hybridized carbons (Fsp3) is 0.364. The van der Waals surface area contributed by atoms with Crippen molar-refractivity contribution in [3.05, 3.63) is 59.7 Å². The van der Waals surface area contributed by atoms with Crippen molar-refractivity contribution < 1.29 is 24.2 Å². The van der Waals surface area contributed by atoms with Crippen LogP contribution < -0.4 is 11.1 Å². The highest BCUT2D eigenvalue weighted by molar-refractivity contribution is 5.81. The van der Waals surface area contributed by atoms with E-state index in [1.165, 1.54) is 12.8 Å². The molecule has 7 nitrogen and oxygen atoms in total. The lowest BCUT2D eigenvalue weighted by atomic mass is 9.98. The normalized spacial score (nSPS) is 15.5. The zero-order valence-corrected chi connectivity index (χ0v) is 16.2. The van der Waals surface area contributed by atoms with Crippen LogP contribution in [0.15, 0.2) is 48.5 Å². The lowest BCUT2D eigenvalue weighted by molar-refractivity contribution is -0.139. The second-order valence-corrected chi connectivity index (χ2v) is 6.92. The number of carboxylic acids is 1. The smallest absolute Gasteiger partial charge is 0.407 e. The number of aliphatic carboxylic acids is 1. The number of rotatable bonds is 5. The summed E-state index contributed by atoms with van der Waals surface area (Å²) in [5.74, 6) is -1.25. The first-order valence-corrected chi connectivity index (χ1v) is 9.74. The zero-order chi connectivity index (χ0) is 20.6. The first kappa shape index (κ1) is 20.8. The summed E-state index contributed by atoms with van der Waals surface area (Å²) in [6.45, 7) is 1.94. The summed E-state index contributed by atoms with van der Waals surface area (Å²) in [6.07, 6.45) is 1.77. The molecule has 4 N–H and O–H groups in total. The second kappa shape index (κ2) is 10.0. The standard InChI is InChI=1S/C18H18N2O4.C4H8O/c19-9-16(17(21)22)20-18(23)24-10-15-13-7-3-1-5-11(13)12-6-2-4-8-14(12)15;1-2-4-5-3-1/h1-8,15-16H,9-10,19H2,(H,20,23)(H,21,22);1-4H2. The van der Waals surface area contributed by atoms with Gasteiger partial charge in [-0.15, -0.1) is 0 Å². The van der Waals surface area contributed by atoms with Crippen LogP contribution in [0.3, 0.4) is 0 Å². The molecule has 2 aliphatic rings. The highest BCUT2D eigenvalue weighted by atomic mass is 16.5. The van der Waals surface area contributed by atoms with Crippen LogP contribution in [0.1, 0.15) is 29.9 Å². The van der Waals surface area contributed by atoms with E-state index in [9.17, 15) is 9.59 Å². The van der Waals surface area contributed by atoms with Crippen LogP contribution in [0.4, 0.5) is 4.79 Å². The number of carbonyl (C=O) groups excluding carboxylic acids is 1. The van der Waals surface area contributed by atoms with Crippen molar-refractivity contribution in [3.8, 4) is 11.1 Å². The largest absolute Gasteiger partial charge is 0.480 e. The van der Waals surface area contributed by atoms with Gasteiger partial charge in [0.15, 0.2) is 0 Å². The average molecular weight is 398 g/mol. The number of nitrogens with two attached hydrogens (primary N) is 1. The number of carbonyl (C=O) groups is 2. The topological polar surface area (TPSA) is 111 Å². The third-order valence-electron chi connectivity index (χ3n) is 5.00. The van der Waals surface area contributed by atoms with Crippen molar-refractivity contribution in [1.29, 1.82) is 0 Å². The van der Waals surface area contributed by atoms with E-state index in [4.69, 9.17) is 20.3 Å². The number of hydrogen-bond acceptors (Lipinski definition) is 5. The Labute approximate surface area is 169 Å². The minimum atomic E-state index is -1.19. The molecule has 0 spiro atoms. The predicted octanol–water partition coefficient (Wildman–Crippen LogP) is 2.73. The molecule has 0 radical (unpaired) electrons. The number of alkyl carbamates (subject to hydrolysis) is 1. The quantitative estimate of drug-likeness (QED) is 0.714. The monoisotopic (exact) mass is 398 g/mol. The molecule has 7 heteroatoms. The molecule has 0 bridgehead atoms. The Bertz CT molecular complexity index is 797. The van der Waals surface area contributed by atoms with Crippen molar-refractivity contribution in [1.82, 2.24) is 5.32 Å². The Hall–Kier alpha value is -2.90. The van der Waals surface area contributed by atoms with Crippen LogP contribution >= 0.6 is 0 Å².